The Morgan fingerprint density at radius 3 is 2.60 bits per heavy atom. The van der Waals surface area contributed by atoms with E-state index in [1.54, 1.807) is 47.8 Å². The summed E-state index contributed by atoms with van der Waals surface area (Å²) >= 11 is 8.41. The Labute approximate surface area is 186 Å². The van der Waals surface area contributed by atoms with Gasteiger partial charge in [-0.25, -0.2) is 4.79 Å². The van der Waals surface area contributed by atoms with Gasteiger partial charge in [0.05, 0.1) is 24.2 Å². The minimum Gasteiger partial charge on any atom is -0.465 e. The maximum atomic E-state index is 12.5. The molecule has 0 bridgehead atoms. The van der Waals surface area contributed by atoms with Crippen LogP contribution < -0.4 is 10.6 Å². The number of para-hydroxylation sites is 1. The second-order valence-corrected chi connectivity index (χ2v) is 8.32. The molecule has 0 aliphatic rings. The number of amides is 2. The van der Waals surface area contributed by atoms with Crippen LogP contribution in [0.2, 0.25) is 5.02 Å². The third-order valence-corrected chi connectivity index (χ3v) is 6.09. The first-order chi connectivity index (χ1) is 14.5. The van der Waals surface area contributed by atoms with Crippen LogP contribution in [0.3, 0.4) is 0 Å². The number of carbonyl (C=O) groups is 3. The van der Waals surface area contributed by atoms with Gasteiger partial charge in [-0.2, -0.15) is 0 Å². The van der Waals surface area contributed by atoms with Gasteiger partial charge in [-0.3, -0.25) is 9.59 Å². The molecule has 0 unspecified atom stereocenters. The van der Waals surface area contributed by atoms with Crippen molar-refractivity contribution in [3.05, 3.63) is 75.4 Å². The molecule has 6 nitrogen and oxygen atoms in total. The molecule has 0 spiro atoms. The fourth-order valence-electron chi connectivity index (χ4n) is 2.51. The van der Waals surface area contributed by atoms with E-state index in [-0.39, 0.29) is 17.6 Å². The van der Waals surface area contributed by atoms with Crippen molar-refractivity contribution >= 4 is 63.9 Å². The number of methoxy groups -OCH3 is 1. The molecule has 1 aromatic heterocycles. The zero-order valence-electron chi connectivity index (χ0n) is 15.8. The minimum atomic E-state index is -0.498. The van der Waals surface area contributed by atoms with Gasteiger partial charge in [-0.15, -0.1) is 23.1 Å². The first-order valence-electron chi connectivity index (χ1n) is 8.72. The topological polar surface area (TPSA) is 84.5 Å². The first-order valence-corrected chi connectivity index (χ1v) is 11.0. The molecular weight excluding hydrogens is 444 g/mol. The summed E-state index contributed by atoms with van der Waals surface area (Å²) in [6.45, 7) is 0. The van der Waals surface area contributed by atoms with Gasteiger partial charge in [0.1, 0.15) is 4.88 Å². The maximum absolute atomic E-state index is 12.5. The predicted molar refractivity (Wildman–Crippen MR) is 121 cm³/mol. The SMILES string of the molecule is COC(=O)c1sccc1NC(=O)CSc1ccccc1NC(=O)c1cccc(Cl)c1. The third-order valence-electron chi connectivity index (χ3n) is 3.89. The van der Waals surface area contributed by atoms with Crippen molar-refractivity contribution in [2.24, 2.45) is 0 Å². The van der Waals surface area contributed by atoms with Gasteiger partial charge in [-0.1, -0.05) is 29.8 Å². The van der Waals surface area contributed by atoms with Crippen LogP contribution in [0.15, 0.2) is 64.9 Å². The van der Waals surface area contributed by atoms with Crippen LogP contribution in [0, 0.1) is 0 Å². The van der Waals surface area contributed by atoms with E-state index in [0.717, 1.165) is 4.90 Å². The first kappa shape index (κ1) is 21.9. The lowest BCUT2D eigenvalue weighted by Crippen LogP contribution is -2.16. The summed E-state index contributed by atoms with van der Waals surface area (Å²) in [4.78, 5) is 37.7. The zero-order valence-corrected chi connectivity index (χ0v) is 18.2. The van der Waals surface area contributed by atoms with Crippen molar-refractivity contribution in [3.63, 3.8) is 0 Å². The van der Waals surface area contributed by atoms with Crippen molar-refractivity contribution in [3.8, 4) is 0 Å². The van der Waals surface area contributed by atoms with E-state index in [1.165, 1.54) is 30.2 Å². The predicted octanol–water partition coefficient (Wildman–Crippen LogP) is 5.17. The number of anilines is 2. The normalized spacial score (nSPS) is 10.3. The lowest BCUT2D eigenvalue weighted by Gasteiger charge is -2.11. The molecule has 0 fully saturated rings. The van der Waals surface area contributed by atoms with Gasteiger partial charge in [0.25, 0.3) is 5.91 Å². The van der Waals surface area contributed by atoms with Gasteiger partial charge in [0, 0.05) is 15.5 Å². The lowest BCUT2D eigenvalue weighted by atomic mass is 10.2. The average Bonchev–Trinajstić information content (AvgIpc) is 3.20. The van der Waals surface area contributed by atoms with E-state index in [2.05, 4.69) is 10.6 Å². The van der Waals surface area contributed by atoms with Crippen molar-refractivity contribution in [1.29, 1.82) is 0 Å². The Hall–Kier alpha value is -2.81. The Kier molecular flexibility index (Phi) is 7.51. The number of nitrogens with one attached hydrogen (secondary N) is 2. The molecule has 3 rings (SSSR count). The second kappa shape index (κ2) is 10.3. The number of thioether (sulfide) groups is 1. The van der Waals surface area contributed by atoms with E-state index >= 15 is 0 Å². The number of benzene rings is 2. The molecule has 0 radical (unpaired) electrons. The molecule has 154 valence electrons. The van der Waals surface area contributed by atoms with E-state index in [1.807, 2.05) is 12.1 Å². The van der Waals surface area contributed by atoms with Gasteiger partial charge < -0.3 is 15.4 Å². The monoisotopic (exact) mass is 460 g/mol. The highest BCUT2D eigenvalue weighted by Gasteiger charge is 2.16. The van der Waals surface area contributed by atoms with Crippen molar-refractivity contribution in [1.82, 2.24) is 0 Å². The van der Waals surface area contributed by atoms with E-state index in [0.29, 0.717) is 26.8 Å². The summed E-state index contributed by atoms with van der Waals surface area (Å²) in [6, 6.07) is 15.5. The zero-order chi connectivity index (χ0) is 21.5. The Bertz CT molecular complexity index is 1080. The average molecular weight is 461 g/mol. The molecule has 3 aromatic rings. The number of hydrogen-bond donors (Lipinski definition) is 2. The molecule has 9 heteroatoms. The summed E-state index contributed by atoms with van der Waals surface area (Å²) in [5.41, 5.74) is 1.44. The molecule has 0 saturated carbocycles. The van der Waals surface area contributed by atoms with E-state index < -0.39 is 5.97 Å². The molecule has 0 atom stereocenters. The highest BCUT2D eigenvalue weighted by Crippen LogP contribution is 2.28. The molecule has 1 heterocycles. The summed E-state index contributed by atoms with van der Waals surface area (Å²) in [5.74, 6) is -0.974. The Morgan fingerprint density at radius 1 is 1.03 bits per heavy atom. The Balaban J connectivity index is 1.64. The highest BCUT2D eigenvalue weighted by atomic mass is 35.5. The maximum Gasteiger partial charge on any atom is 0.350 e. The molecule has 2 N–H and O–H groups in total. The number of rotatable bonds is 7. The molecule has 0 saturated heterocycles. The molecule has 2 amide bonds. The molecule has 0 aliphatic heterocycles. The summed E-state index contributed by atoms with van der Waals surface area (Å²) in [7, 11) is 1.29. The molecule has 30 heavy (non-hydrogen) atoms. The number of hydrogen-bond acceptors (Lipinski definition) is 6. The van der Waals surface area contributed by atoms with Crippen LogP contribution >= 0.6 is 34.7 Å². The quantitative estimate of drug-likeness (QED) is 0.375. The highest BCUT2D eigenvalue weighted by molar-refractivity contribution is 8.00. The second-order valence-electron chi connectivity index (χ2n) is 5.95. The van der Waals surface area contributed by atoms with Gasteiger partial charge >= 0.3 is 5.97 Å². The van der Waals surface area contributed by atoms with Crippen molar-refractivity contribution in [2.45, 2.75) is 4.90 Å². The standard InChI is InChI=1S/C21H17ClN2O4S2/c1-28-21(27)19-16(9-10-29-19)23-18(25)12-30-17-8-3-2-7-15(17)24-20(26)13-5-4-6-14(22)11-13/h2-11H,12H2,1H3,(H,23,25)(H,24,26). The molecule has 0 aliphatic carbocycles. The van der Waals surface area contributed by atoms with Crippen LogP contribution in [-0.4, -0.2) is 30.6 Å². The van der Waals surface area contributed by atoms with Crippen LogP contribution in [-0.2, 0) is 9.53 Å². The van der Waals surface area contributed by atoms with Crippen LogP contribution in [0.4, 0.5) is 11.4 Å². The molecule has 2 aromatic carbocycles. The van der Waals surface area contributed by atoms with E-state index in [4.69, 9.17) is 16.3 Å². The minimum absolute atomic E-state index is 0.0977. The van der Waals surface area contributed by atoms with Crippen LogP contribution in [0.1, 0.15) is 20.0 Å². The number of ether oxygens (including phenoxy) is 1. The fourth-order valence-corrected chi connectivity index (χ4v) is 4.27. The largest absolute Gasteiger partial charge is 0.465 e. The van der Waals surface area contributed by atoms with Gasteiger partial charge in [-0.05, 0) is 41.8 Å². The van der Waals surface area contributed by atoms with Crippen LogP contribution in [0.5, 0.6) is 0 Å². The number of esters is 1. The summed E-state index contributed by atoms with van der Waals surface area (Å²) in [6.07, 6.45) is 0. The van der Waals surface area contributed by atoms with Crippen LogP contribution in [0.25, 0.3) is 0 Å². The number of halogens is 1. The number of carbonyl (C=O) groups excluding carboxylic acids is 3. The Morgan fingerprint density at radius 2 is 1.83 bits per heavy atom. The van der Waals surface area contributed by atoms with E-state index in [9.17, 15) is 14.4 Å². The summed E-state index contributed by atoms with van der Waals surface area (Å²) in [5, 5.41) is 7.74. The van der Waals surface area contributed by atoms with Crippen molar-refractivity contribution < 1.29 is 19.1 Å². The summed E-state index contributed by atoms with van der Waals surface area (Å²) < 4.78 is 4.71. The molecular formula is C21H17ClN2O4S2. The fraction of sp³-hybridized carbons (Fsp3) is 0.0952. The smallest absolute Gasteiger partial charge is 0.350 e. The number of thiophene rings is 1. The van der Waals surface area contributed by atoms with Crippen molar-refractivity contribution in [2.75, 3.05) is 23.5 Å². The third kappa shape index (κ3) is 5.63. The van der Waals surface area contributed by atoms with Gasteiger partial charge in [0.2, 0.25) is 5.91 Å². The lowest BCUT2D eigenvalue weighted by molar-refractivity contribution is -0.113. The van der Waals surface area contributed by atoms with Gasteiger partial charge in [0.15, 0.2) is 0 Å².